The van der Waals surface area contributed by atoms with Crippen molar-refractivity contribution in [3.05, 3.63) is 63.6 Å². The number of amides is 1. The molecule has 2 aromatic carbocycles. The first-order valence-corrected chi connectivity index (χ1v) is 10.8. The molecule has 0 radical (unpaired) electrons. The van der Waals surface area contributed by atoms with Crippen molar-refractivity contribution in [3.8, 4) is 0 Å². The summed E-state index contributed by atoms with van der Waals surface area (Å²) in [5.74, 6) is 1.62. The fraction of sp³-hybridized carbons (Fsp3) is 0.350. The third kappa shape index (κ3) is 6.04. The predicted molar refractivity (Wildman–Crippen MR) is 114 cm³/mol. The van der Waals surface area contributed by atoms with E-state index in [-0.39, 0.29) is 5.91 Å². The number of carbonyl (C=O) groups is 1. The SMILES string of the molecule is O=C(NCCSCc1ccc(Cl)c(Cl)c1)c1ccc(N2CCOCC2)cc1. The summed E-state index contributed by atoms with van der Waals surface area (Å²) in [5.41, 5.74) is 2.94. The zero-order chi connectivity index (χ0) is 19.1. The molecule has 1 fully saturated rings. The highest BCUT2D eigenvalue weighted by Crippen LogP contribution is 2.24. The second-order valence-corrected chi connectivity index (χ2v) is 8.12. The van der Waals surface area contributed by atoms with Crippen LogP contribution in [0.15, 0.2) is 42.5 Å². The lowest BCUT2D eigenvalue weighted by molar-refractivity contribution is 0.0956. The number of morpholine rings is 1. The van der Waals surface area contributed by atoms with E-state index >= 15 is 0 Å². The number of nitrogens with zero attached hydrogens (tertiary/aromatic N) is 1. The number of ether oxygens (including phenoxy) is 1. The number of anilines is 1. The van der Waals surface area contributed by atoms with Crippen LogP contribution in [0.25, 0.3) is 0 Å². The van der Waals surface area contributed by atoms with Crippen LogP contribution in [0.4, 0.5) is 5.69 Å². The van der Waals surface area contributed by atoms with Crippen LogP contribution in [-0.2, 0) is 10.5 Å². The maximum Gasteiger partial charge on any atom is 0.251 e. The van der Waals surface area contributed by atoms with Gasteiger partial charge in [0.05, 0.1) is 23.3 Å². The minimum atomic E-state index is -0.0429. The Morgan fingerprint density at radius 2 is 1.81 bits per heavy atom. The third-order valence-electron chi connectivity index (χ3n) is 4.29. The van der Waals surface area contributed by atoms with Gasteiger partial charge in [-0.15, -0.1) is 0 Å². The van der Waals surface area contributed by atoms with E-state index < -0.39 is 0 Å². The number of carbonyl (C=O) groups excluding carboxylic acids is 1. The predicted octanol–water partition coefficient (Wildman–Crippen LogP) is 4.49. The molecule has 27 heavy (non-hydrogen) atoms. The van der Waals surface area contributed by atoms with Gasteiger partial charge in [0.1, 0.15) is 0 Å². The summed E-state index contributed by atoms with van der Waals surface area (Å²) in [6, 6.07) is 13.4. The lowest BCUT2D eigenvalue weighted by atomic mass is 10.1. The number of rotatable bonds is 7. The molecule has 0 unspecified atom stereocenters. The molecule has 1 N–H and O–H groups in total. The average Bonchev–Trinajstić information content (AvgIpc) is 2.71. The molecule has 0 aromatic heterocycles. The van der Waals surface area contributed by atoms with Crippen LogP contribution in [0.5, 0.6) is 0 Å². The third-order valence-corrected chi connectivity index (χ3v) is 6.06. The lowest BCUT2D eigenvalue weighted by Crippen LogP contribution is -2.36. The van der Waals surface area contributed by atoms with Gasteiger partial charge in [0.25, 0.3) is 5.91 Å². The Kier molecular flexibility index (Phi) is 7.70. The minimum absolute atomic E-state index is 0.0429. The topological polar surface area (TPSA) is 41.6 Å². The van der Waals surface area contributed by atoms with Crippen molar-refractivity contribution in [2.45, 2.75) is 5.75 Å². The van der Waals surface area contributed by atoms with E-state index in [1.807, 2.05) is 42.5 Å². The first-order valence-electron chi connectivity index (χ1n) is 8.86. The van der Waals surface area contributed by atoms with Crippen molar-refractivity contribution in [2.75, 3.05) is 43.5 Å². The highest BCUT2D eigenvalue weighted by Gasteiger charge is 2.12. The van der Waals surface area contributed by atoms with Gasteiger partial charge in [-0.05, 0) is 42.0 Å². The summed E-state index contributed by atoms with van der Waals surface area (Å²) in [4.78, 5) is 14.5. The van der Waals surface area contributed by atoms with Crippen LogP contribution < -0.4 is 10.2 Å². The first-order chi connectivity index (χ1) is 13.1. The van der Waals surface area contributed by atoms with Crippen molar-refractivity contribution in [2.24, 2.45) is 0 Å². The van der Waals surface area contributed by atoms with Gasteiger partial charge in [0.15, 0.2) is 0 Å². The van der Waals surface area contributed by atoms with Crippen LogP contribution in [0, 0.1) is 0 Å². The summed E-state index contributed by atoms with van der Waals surface area (Å²) in [7, 11) is 0. The second-order valence-electron chi connectivity index (χ2n) is 6.20. The number of thioether (sulfide) groups is 1. The van der Waals surface area contributed by atoms with Crippen LogP contribution >= 0.6 is 35.0 Å². The molecule has 0 bridgehead atoms. The Morgan fingerprint density at radius 3 is 2.52 bits per heavy atom. The molecule has 1 saturated heterocycles. The summed E-state index contributed by atoms with van der Waals surface area (Å²) < 4.78 is 5.37. The van der Waals surface area contributed by atoms with Crippen LogP contribution in [0.1, 0.15) is 15.9 Å². The van der Waals surface area contributed by atoms with E-state index in [0.29, 0.717) is 22.2 Å². The molecule has 0 aliphatic carbocycles. The fourth-order valence-electron chi connectivity index (χ4n) is 2.80. The molecule has 1 aliphatic heterocycles. The van der Waals surface area contributed by atoms with Crippen molar-refractivity contribution < 1.29 is 9.53 Å². The molecule has 1 amide bonds. The van der Waals surface area contributed by atoms with E-state index in [1.54, 1.807) is 11.8 Å². The van der Waals surface area contributed by atoms with E-state index in [0.717, 1.165) is 49.1 Å². The van der Waals surface area contributed by atoms with Gasteiger partial charge < -0.3 is 15.0 Å². The number of halogens is 2. The Bertz CT molecular complexity index is 765. The minimum Gasteiger partial charge on any atom is -0.378 e. The molecule has 0 spiro atoms. The molecule has 1 heterocycles. The first kappa shape index (κ1) is 20.3. The molecule has 3 rings (SSSR count). The van der Waals surface area contributed by atoms with Gasteiger partial charge in [-0.25, -0.2) is 0 Å². The van der Waals surface area contributed by atoms with Gasteiger partial charge in [-0.3, -0.25) is 4.79 Å². The lowest BCUT2D eigenvalue weighted by Gasteiger charge is -2.28. The maximum absolute atomic E-state index is 12.3. The van der Waals surface area contributed by atoms with Gasteiger partial charge in [-0.2, -0.15) is 11.8 Å². The molecule has 0 saturated carbocycles. The molecule has 2 aromatic rings. The highest BCUT2D eigenvalue weighted by molar-refractivity contribution is 7.98. The van der Waals surface area contributed by atoms with Crippen molar-refractivity contribution in [1.29, 1.82) is 0 Å². The van der Waals surface area contributed by atoms with Gasteiger partial charge in [0.2, 0.25) is 0 Å². The molecule has 0 atom stereocenters. The zero-order valence-corrected chi connectivity index (χ0v) is 17.2. The van der Waals surface area contributed by atoms with E-state index in [2.05, 4.69) is 10.2 Å². The number of hydrogen-bond acceptors (Lipinski definition) is 4. The molecule has 1 aliphatic rings. The van der Waals surface area contributed by atoms with Crippen molar-refractivity contribution in [3.63, 3.8) is 0 Å². The summed E-state index contributed by atoms with van der Waals surface area (Å²) in [5, 5.41) is 4.10. The average molecular weight is 425 g/mol. The summed E-state index contributed by atoms with van der Waals surface area (Å²) in [6.45, 7) is 3.91. The monoisotopic (exact) mass is 424 g/mol. The Balaban J connectivity index is 1.39. The van der Waals surface area contributed by atoms with Crippen LogP contribution in [-0.4, -0.2) is 44.5 Å². The number of hydrogen-bond donors (Lipinski definition) is 1. The fourth-order valence-corrected chi connectivity index (χ4v) is 3.93. The quantitative estimate of drug-likeness (QED) is 0.664. The van der Waals surface area contributed by atoms with Gasteiger partial charge in [0, 0.05) is 42.4 Å². The number of benzene rings is 2. The Hall–Kier alpha value is -1.40. The maximum atomic E-state index is 12.3. The van der Waals surface area contributed by atoms with Crippen molar-refractivity contribution >= 4 is 46.6 Å². The Labute approximate surface area is 174 Å². The summed E-state index contributed by atoms with van der Waals surface area (Å²) >= 11 is 13.7. The van der Waals surface area contributed by atoms with Crippen molar-refractivity contribution in [1.82, 2.24) is 5.32 Å². The Morgan fingerprint density at radius 1 is 1.07 bits per heavy atom. The largest absolute Gasteiger partial charge is 0.378 e. The second kappa shape index (κ2) is 10.2. The van der Waals surface area contributed by atoms with E-state index in [4.69, 9.17) is 27.9 Å². The highest BCUT2D eigenvalue weighted by atomic mass is 35.5. The van der Waals surface area contributed by atoms with Gasteiger partial charge in [-0.1, -0.05) is 29.3 Å². The molecular weight excluding hydrogens is 403 g/mol. The summed E-state index contributed by atoms with van der Waals surface area (Å²) in [6.07, 6.45) is 0. The molecule has 7 heteroatoms. The molecule has 144 valence electrons. The van der Waals surface area contributed by atoms with Gasteiger partial charge >= 0.3 is 0 Å². The molecule has 4 nitrogen and oxygen atoms in total. The smallest absolute Gasteiger partial charge is 0.251 e. The van der Waals surface area contributed by atoms with Crippen LogP contribution in [0.3, 0.4) is 0 Å². The number of nitrogens with one attached hydrogen (secondary N) is 1. The van der Waals surface area contributed by atoms with E-state index in [1.165, 1.54) is 0 Å². The van der Waals surface area contributed by atoms with Crippen LogP contribution in [0.2, 0.25) is 10.0 Å². The molecular formula is C20H22Cl2N2O2S. The standard InChI is InChI=1S/C20H22Cl2N2O2S/c21-18-6-1-15(13-19(18)22)14-27-12-7-23-20(25)16-2-4-17(5-3-16)24-8-10-26-11-9-24/h1-6,13H,7-12,14H2,(H,23,25). The normalized spacial score (nSPS) is 14.2. The van der Waals surface area contributed by atoms with E-state index in [9.17, 15) is 4.79 Å². The zero-order valence-electron chi connectivity index (χ0n) is 14.9.